The van der Waals surface area contributed by atoms with Crippen LogP contribution in [0.4, 0.5) is 0 Å². The van der Waals surface area contributed by atoms with Gasteiger partial charge in [-0.2, -0.15) is 0 Å². The number of amides is 1. The predicted molar refractivity (Wildman–Crippen MR) is 74.9 cm³/mol. The van der Waals surface area contributed by atoms with Gasteiger partial charge < -0.3 is 15.3 Å². The minimum Gasteiger partial charge on any atom is -0.480 e. The monoisotopic (exact) mass is 276 g/mol. The first kappa shape index (κ1) is 17.2. The van der Waals surface area contributed by atoms with Gasteiger partial charge in [0.1, 0.15) is 5.54 Å². The predicted octanol–water partition coefficient (Wildman–Crippen LogP) is 1.04. The first-order chi connectivity index (χ1) is 8.23. The van der Waals surface area contributed by atoms with E-state index in [0.29, 0.717) is 18.7 Å². The number of carboxylic acids is 1. The fourth-order valence-electron chi connectivity index (χ4n) is 1.60. The zero-order valence-electron chi connectivity index (χ0n) is 11.8. The van der Waals surface area contributed by atoms with E-state index < -0.39 is 11.5 Å². The molecule has 0 saturated heterocycles. The van der Waals surface area contributed by atoms with Crippen molar-refractivity contribution in [1.29, 1.82) is 0 Å². The molecule has 0 heterocycles. The summed E-state index contributed by atoms with van der Waals surface area (Å²) in [6.07, 6.45) is 0.488. The Morgan fingerprint density at radius 3 is 2.39 bits per heavy atom. The standard InChI is InChI=1S/C12H24N2O3S/c1-6-13-12(3,11(16)17)7-9(2)18-8-10(15)14(4)5/h9,13H,6-8H2,1-5H3,(H,16,17). The van der Waals surface area contributed by atoms with Crippen LogP contribution in [0.1, 0.15) is 27.2 Å². The van der Waals surface area contributed by atoms with E-state index in [1.54, 1.807) is 25.9 Å². The van der Waals surface area contributed by atoms with E-state index in [0.717, 1.165) is 0 Å². The Labute approximate surface area is 113 Å². The van der Waals surface area contributed by atoms with Crippen molar-refractivity contribution in [2.24, 2.45) is 0 Å². The second-order valence-electron chi connectivity index (χ2n) is 4.78. The van der Waals surface area contributed by atoms with Crippen LogP contribution >= 0.6 is 11.8 Å². The van der Waals surface area contributed by atoms with Gasteiger partial charge in [-0.3, -0.25) is 9.59 Å². The molecule has 0 saturated carbocycles. The molecule has 0 fully saturated rings. The summed E-state index contributed by atoms with van der Waals surface area (Å²) in [5, 5.41) is 12.3. The molecule has 18 heavy (non-hydrogen) atoms. The molecule has 0 spiro atoms. The van der Waals surface area contributed by atoms with Crippen LogP contribution in [-0.4, -0.2) is 59.1 Å². The summed E-state index contributed by atoms with van der Waals surface area (Å²) >= 11 is 1.49. The second kappa shape index (κ2) is 7.63. The zero-order chi connectivity index (χ0) is 14.3. The zero-order valence-corrected chi connectivity index (χ0v) is 12.6. The molecule has 0 radical (unpaired) electrons. The summed E-state index contributed by atoms with van der Waals surface area (Å²) in [4.78, 5) is 24.2. The lowest BCUT2D eigenvalue weighted by atomic mass is 9.96. The van der Waals surface area contributed by atoms with Crippen molar-refractivity contribution >= 4 is 23.6 Å². The Morgan fingerprint density at radius 2 is 2.00 bits per heavy atom. The van der Waals surface area contributed by atoms with Crippen molar-refractivity contribution < 1.29 is 14.7 Å². The van der Waals surface area contributed by atoms with E-state index >= 15 is 0 Å². The summed E-state index contributed by atoms with van der Waals surface area (Å²) < 4.78 is 0. The van der Waals surface area contributed by atoms with Crippen molar-refractivity contribution in [3.8, 4) is 0 Å². The molecular formula is C12H24N2O3S. The van der Waals surface area contributed by atoms with Crippen LogP contribution in [0, 0.1) is 0 Å². The van der Waals surface area contributed by atoms with E-state index in [4.69, 9.17) is 0 Å². The Kier molecular flexibility index (Phi) is 7.32. The molecule has 0 rings (SSSR count). The van der Waals surface area contributed by atoms with Crippen molar-refractivity contribution in [2.75, 3.05) is 26.4 Å². The third-order valence-corrected chi connectivity index (χ3v) is 3.87. The maximum absolute atomic E-state index is 11.4. The summed E-state index contributed by atoms with van der Waals surface area (Å²) in [6.45, 7) is 6.13. The molecular weight excluding hydrogens is 252 g/mol. The average Bonchev–Trinajstić information content (AvgIpc) is 2.25. The Bertz CT molecular complexity index is 297. The molecule has 5 nitrogen and oxygen atoms in total. The fourth-order valence-corrected chi connectivity index (χ4v) is 2.74. The van der Waals surface area contributed by atoms with Crippen molar-refractivity contribution in [2.45, 2.75) is 38.0 Å². The normalized spacial score (nSPS) is 15.8. The topological polar surface area (TPSA) is 69.6 Å². The summed E-state index contributed by atoms with van der Waals surface area (Å²) in [7, 11) is 3.43. The second-order valence-corrected chi connectivity index (χ2v) is 6.21. The summed E-state index contributed by atoms with van der Waals surface area (Å²) in [5.74, 6) is -0.418. The van der Waals surface area contributed by atoms with Gasteiger partial charge in [-0.05, 0) is 19.9 Å². The van der Waals surface area contributed by atoms with E-state index in [2.05, 4.69) is 5.32 Å². The number of hydrogen-bond acceptors (Lipinski definition) is 4. The van der Waals surface area contributed by atoms with Gasteiger partial charge in [0.05, 0.1) is 5.75 Å². The first-order valence-corrected chi connectivity index (χ1v) is 7.08. The van der Waals surface area contributed by atoms with Gasteiger partial charge in [-0.15, -0.1) is 11.8 Å². The van der Waals surface area contributed by atoms with Gasteiger partial charge in [-0.1, -0.05) is 13.8 Å². The lowest BCUT2D eigenvalue weighted by Crippen LogP contribution is -2.50. The van der Waals surface area contributed by atoms with Crippen LogP contribution in [0.2, 0.25) is 0 Å². The number of thioether (sulfide) groups is 1. The lowest BCUT2D eigenvalue weighted by molar-refractivity contribution is -0.144. The largest absolute Gasteiger partial charge is 0.480 e. The molecule has 1 amide bonds. The number of carboxylic acid groups (broad SMARTS) is 1. The van der Waals surface area contributed by atoms with Gasteiger partial charge in [0.25, 0.3) is 0 Å². The van der Waals surface area contributed by atoms with Gasteiger partial charge >= 0.3 is 5.97 Å². The molecule has 0 aliphatic carbocycles. The molecule has 0 aliphatic rings. The molecule has 0 aromatic rings. The molecule has 0 aromatic heterocycles. The number of aliphatic carboxylic acids is 1. The Morgan fingerprint density at radius 1 is 1.44 bits per heavy atom. The molecule has 106 valence electrons. The van der Waals surface area contributed by atoms with Crippen LogP contribution in [0.25, 0.3) is 0 Å². The van der Waals surface area contributed by atoms with E-state index in [1.165, 1.54) is 11.8 Å². The third kappa shape index (κ3) is 5.73. The van der Waals surface area contributed by atoms with Gasteiger partial charge in [0.2, 0.25) is 5.91 Å². The number of likely N-dealkylation sites (N-methyl/N-ethyl adjacent to an activating group) is 1. The SMILES string of the molecule is CCNC(C)(CC(C)SCC(=O)N(C)C)C(=O)O. The smallest absolute Gasteiger partial charge is 0.323 e. The van der Waals surface area contributed by atoms with E-state index in [9.17, 15) is 14.7 Å². The van der Waals surface area contributed by atoms with Crippen LogP contribution < -0.4 is 5.32 Å². The molecule has 0 aromatic carbocycles. The van der Waals surface area contributed by atoms with Crippen LogP contribution in [-0.2, 0) is 9.59 Å². The molecule has 0 aliphatic heterocycles. The quantitative estimate of drug-likeness (QED) is 0.693. The number of nitrogens with zero attached hydrogens (tertiary/aromatic N) is 1. The van der Waals surface area contributed by atoms with E-state index in [-0.39, 0.29) is 11.2 Å². The highest BCUT2D eigenvalue weighted by molar-refractivity contribution is 8.00. The van der Waals surface area contributed by atoms with E-state index in [1.807, 2.05) is 13.8 Å². The highest BCUT2D eigenvalue weighted by Gasteiger charge is 2.33. The van der Waals surface area contributed by atoms with Gasteiger partial charge in [-0.25, -0.2) is 0 Å². The summed E-state index contributed by atoms with van der Waals surface area (Å²) in [5.41, 5.74) is -0.928. The van der Waals surface area contributed by atoms with Crippen molar-refractivity contribution in [3.63, 3.8) is 0 Å². The van der Waals surface area contributed by atoms with Crippen LogP contribution in [0.3, 0.4) is 0 Å². The van der Waals surface area contributed by atoms with Crippen molar-refractivity contribution in [1.82, 2.24) is 10.2 Å². The fraction of sp³-hybridized carbons (Fsp3) is 0.833. The summed E-state index contributed by atoms with van der Waals surface area (Å²) in [6, 6.07) is 0. The lowest BCUT2D eigenvalue weighted by Gasteiger charge is -2.28. The third-order valence-electron chi connectivity index (χ3n) is 2.72. The molecule has 0 bridgehead atoms. The molecule has 2 atom stereocenters. The minimum atomic E-state index is -0.928. The molecule has 2 N–H and O–H groups in total. The maximum Gasteiger partial charge on any atom is 0.323 e. The van der Waals surface area contributed by atoms with Gasteiger partial charge in [0.15, 0.2) is 0 Å². The van der Waals surface area contributed by atoms with Crippen molar-refractivity contribution in [3.05, 3.63) is 0 Å². The Hall–Kier alpha value is -0.750. The van der Waals surface area contributed by atoms with Crippen LogP contribution in [0.5, 0.6) is 0 Å². The highest BCUT2D eigenvalue weighted by Crippen LogP contribution is 2.22. The average molecular weight is 276 g/mol. The maximum atomic E-state index is 11.4. The van der Waals surface area contributed by atoms with Crippen LogP contribution in [0.15, 0.2) is 0 Å². The Balaban J connectivity index is 4.31. The number of carbonyl (C=O) groups excluding carboxylic acids is 1. The first-order valence-electron chi connectivity index (χ1n) is 6.03. The molecule has 2 unspecified atom stereocenters. The number of nitrogens with one attached hydrogen (secondary N) is 1. The number of rotatable bonds is 8. The minimum absolute atomic E-state index is 0.0485. The number of carbonyl (C=O) groups is 2. The number of hydrogen-bond donors (Lipinski definition) is 2. The molecule has 6 heteroatoms. The van der Waals surface area contributed by atoms with Gasteiger partial charge in [0, 0.05) is 19.3 Å². The highest BCUT2D eigenvalue weighted by atomic mass is 32.2.